The van der Waals surface area contributed by atoms with E-state index in [4.69, 9.17) is 28.4 Å². The molecule has 1 saturated carbocycles. The summed E-state index contributed by atoms with van der Waals surface area (Å²) in [4.78, 5) is 25.2. The van der Waals surface area contributed by atoms with Crippen LogP contribution in [0.15, 0.2) is 42.5 Å². The molecule has 15 heteroatoms. The predicted octanol–water partition coefficient (Wildman–Crippen LogP) is -1.26. The smallest absolute Gasteiger partial charge is 0.338 e. The third-order valence-corrected chi connectivity index (χ3v) is 9.60. The Balaban J connectivity index is 1.24. The topological polar surface area (TPSA) is 231 Å². The first-order valence-electron chi connectivity index (χ1n) is 15.8. The van der Waals surface area contributed by atoms with E-state index in [0.29, 0.717) is 24.2 Å². The van der Waals surface area contributed by atoms with Crippen molar-refractivity contribution < 1.29 is 73.8 Å². The van der Waals surface area contributed by atoms with Crippen molar-refractivity contribution in [1.82, 2.24) is 0 Å². The normalized spacial score (nSPS) is 37.9. The van der Waals surface area contributed by atoms with E-state index < -0.39 is 86.7 Å². The van der Waals surface area contributed by atoms with E-state index >= 15 is 0 Å². The van der Waals surface area contributed by atoms with Gasteiger partial charge in [0.1, 0.15) is 72.2 Å². The molecular formula is C33H40O15. The molecule has 2 aromatic rings. The number of ketones is 1. The van der Waals surface area contributed by atoms with Gasteiger partial charge in [0, 0.05) is 36.3 Å². The third kappa shape index (κ3) is 6.43. The Morgan fingerprint density at radius 1 is 0.854 bits per heavy atom. The van der Waals surface area contributed by atoms with Crippen molar-refractivity contribution >= 4 is 11.8 Å². The largest absolute Gasteiger partial charge is 0.489 e. The maximum absolute atomic E-state index is 12.7. The molecule has 13 atom stereocenters. The van der Waals surface area contributed by atoms with Gasteiger partial charge in [-0.25, -0.2) is 4.79 Å². The van der Waals surface area contributed by atoms with Crippen LogP contribution >= 0.6 is 0 Å². The van der Waals surface area contributed by atoms with Crippen LogP contribution in [0.5, 0.6) is 11.5 Å². The zero-order valence-corrected chi connectivity index (χ0v) is 26.0. The molecule has 0 spiro atoms. The number of rotatable bonds is 8. The lowest BCUT2D eigenvalue weighted by molar-refractivity contribution is -0.352. The van der Waals surface area contributed by atoms with Crippen molar-refractivity contribution in [1.29, 1.82) is 0 Å². The fourth-order valence-corrected chi connectivity index (χ4v) is 7.09. The van der Waals surface area contributed by atoms with Crippen molar-refractivity contribution in [3.05, 3.63) is 59.2 Å². The Morgan fingerprint density at radius 3 is 2.29 bits per heavy atom. The first kappa shape index (κ1) is 34.6. The summed E-state index contributed by atoms with van der Waals surface area (Å²) in [6, 6.07) is 12.1. The number of benzene rings is 2. The van der Waals surface area contributed by atoms with Crippen LogP contribution in [0, 0.1) is 5.92 Å². The Hall–Kier alpha value is -3.22. The van der Waals surface area contributed by atoms with Gasteiger partial charge in [-0.1, -0.05) is 24.3 Å². The lowest BCUT2D eigenvalue weighted by atomic mass is 9.69. The number of carbonyl (C=O) groups excluding carboxylic acids is 2. The molecule has 2 saturated heterocycles. The number of hydrogen-bond donors (Lipinski definition) is 7. The lowest BCUT2D eigenvalue weighted by Crippen LogP contribution is -2.65. The highest BCUT2D eigenvalue weighted by atomic mass is 16.7. The highest BCUT2D eigenvalue weighted by molar-refractivity contribution is 5.91. The summed E-state index contributed by atoms with van der Waals surface area (Å²) >= 11 is 0. The van der Waals surface area contributed by atoms with Crippen LogP contribution in [0.25, 0.3) is 0 Å². The molecular weight excluding hydrogens is 636 g/mol. The molecule has 3 unspecified atom stereocenters. The SMILES string of the molecule is COC(=O)c1ccccc1C1c2ccc(O[C@@H]3O[C@H](CO)[C@@H](O[C@@H]4O[C@H](CO)[C@@H](O)[C@H](O)[C@H]4O)[C@H](O)[C@H]3O)cc2OC2CC(=O)CCC21. The summed E-state index contributed by atoms with van der Waals surface area (Å²) in [7, 11) is 1.31. The second-order valence-electron chi connectivity index (χ2n) is 12.5. The molecule has 15 nitrogen and oxygen atoms in total. The van der Waals surface area contributed by atoms with Crippen molar-refractivity contribution in [2.24, 2.45) is 5.92 Å². The van der Waals surface area contributed by atoms with E-state index in [1.54, 1.807) is 30.3 Å². The van der Waals surface area contributed by atoms with E-state index in [1.165, 1.54) is 7.11 Å². The monoisotopic (exact) mass is 676 g/mol. The minimum Gasteiger partial charge on any atom is -0.489 e. The lowest BCUT2D eigenvalue weighted by Gasteiger charge is -2.46. The summed E-state index contributed by atoms with van der Waals surface area (Å²) in [6.07, 6.45) is -15.3. The predicted molar refractivity (Wildman–Crippen MR) is 160 cm³/mol. The Bertz CT molecular complexity index is 1460. The Kier molecular flexibility index (Phi) is 10.3. The molecule has 0 aromatic heterocycles. The maximum Gasteiger partial charge on any atom is 0.338 e. The fourth-order valence-electron chi connectivity index (χ4n) is 7.09. The first-order chi connectivity index (χ1) is 23.1. The van der Waals surface area contributed by atoms with Crippen molar-refractivity contribution in [3.63, 3.8) is 0 Å². The van der Waals surface area contributed by atoms with Gasteiger partial charge in [-0.05, 0) is 24.1 Å². The van der Waals surface area contributed by atoms with Gasteiger partial charge in [0.05, 0.1) is 25.9 Å². The van der Waals surface area contributed by atoms with Crippen LogP contribution in [-0.2, 0) is 23.7 Å². The van der Waals surface area contributed by atoms with Gasteiger partial charge in [-0.2, -0.15) is 0 Å². The summed E-state index contributed by atoms with van der Waals surface area (Å²) in [5, 5.41) is 72.1. The summed E-state index contributed by atoms with van der Waals surface area (Å²) in [6.45, 7) is -1.44. The molecule has 0 radical (unpaired) electrons. The number of hydrogen-bond acceptors (Lipinski definition) is 15. The van der Waals surface area contributed by atoms with Crippen LogP contribution in [0.4, 0.5) is 0 Å². The molecule has 4 aliphatic rings. The van der Waals surface area contributed by atoms with Gasteiger partial charge in [-0.3, -0.25) is 4.79 Å². The highest BCUT2D eigenvalue weighted by Gasteiger charge is 2.51. The van der Waals surface area contributed by atoms with Crippen LogP contribution in [-0.4, -0.2) is 135 Å². The van der Waals surface area contributed by atoms with Gasteiger partial charge in [0.15, 0.2) is 6.29 Å². The number of methoxy groups -OCH3 is 1. The Morgan fingerprint density at radius 2 is 1.56 bits per heavy atom. The van der Waals surface area contributed by atoms with Crippen LogP contribution in [0.1, 0.15) is 46.7 Å². The number of aliphatic hydroxyl groups excluding tert-OH is 7. The quantitative estimate of drug-likeness (QED) is 0.162. The number of aliphatic hydroxyl groups is 7. The van der Waals surface area contributed by atoms with Gasteiger partial charge in [0.2, 0.25) is 6.29 Å². The van der Waals surface area contributed by atoms with Crippen molar-refractivity contribution in [3.8, 4) is 11.5 Å². The molecule has 3 heterocycles. The number of esters is 1. The number of Topliss-reactive ketones (excluding diaryl/α,β-unsaturated/α-hetero) is 1. The average Bonchev–Trinajstić information content (AvgIpc) is 3.09. The van der Waals surface area contributed by atoms with E-state index in [0.717, 1.165) is 11.1 Å². The molecule has 1 aliphatic carbocycles. The van der Waals surface area contributed by atoms with Gasteiger partial charge in [-0.15, -0.1) is 0 Å². The zero-order chi connectivity index (χ0) is 34.3. The van der Waals surface area contributed by atoms with E-state index in [1.807, 2.05) is 12.1 Å². The number of ether oxygens (including phenoxy) is 6. The van der Waals surface area contributed by atoms with Gasteiger partial charge in [0.25, 0.3) is 0 Å². The molecule has 3 aliphatic heterocycles. The van der Waals surface area contributed by atoms with Crippen LogP contribution in [0.2, 0.25) is 0 Å². The van der Waals surface area contributed by atoms with E-state index in [-0.39, 0.29) is 29.8 Å². The summed E-state index contributed by atoms with van der Waals surface area (Å²) in [5.74, 6) is -0.283. The second-order valence-corrected chi connectivity index (χ2v) is 12.5. The van der Waals surface area contributed by atoms with Crippen molar-refractivity contribution in [2.45, 2.75) is 92.7 Å². The molecule has 2 aromatic carbocycles. The maximum atomic E-state index is 12.7. The van der Waals surface area contributed by atoms with Gasteiger partial charge >= 0.3 is 5.97 Å². The minimum absolute atomic E-state index is 0.0651. The third-order valence-electron chi connectivity index (χ3n) is 9.60. The standard InChI is InChI=1S/C33H40O15/c1-43-31(42)17-5-3-2-4-16(17)24-18-8-6-14(36)10-20(18)45-21-11-15(7-9-19(21)24)44-32-29(41)27(39)30(23(13-35)47-32)48-33-28(40)26(38)25(37)22(12-34)46-33/h2-5,7,9,11,18,20,22-30,32-35,37-41H,6,8,10,12-13H2,1H3/t18?,20?,22-,23-,24?,25-,26+,27-,28-,29-,30-,32-,33+/m1/s1. The van der Waals surface area contributed by atoms with Crippen molar-refractivity contribution in [2.75, 3.05) is 20.3 Å². The molecule has 262 valence electrons. The minimum atomic E-state index is -1.79. The number of fused-ring (bicyclic) bond motifs is 2. The van der Waals surface area contributed by atoms with Crippen LogP contribution < -0.4 is 9.47 Å². The molecule has 0 amide bonds. The first-order valence-corrected chi connectivity index (χ1v) is 15.8. The zero-order valence-electron chi connectivity index (χ0n) is 26.0. The van der Waals surface area contributed by atoms with E-state index in [9.17, 15) is 45.3 Å². The van der Waals surface area contributed by atoms with E-state index in [2.05, 4.69) is 0 Å². The Labute approximate surface area is 275 Å². The summed E-state index contributed by atoms with van der Waals surface area (Å²) in [5.41, 5.74) is 1.88. The van der Waals surface area contributed by atoms with Crippen LogP contribution in [0.3, 0.4) is 0 Å². The van der Waals surface area contributed by atoms with Gasteiger partial charge < -0.3 is 64.2 Å². The fraction of sp³-hybridized carbons (Fsp3) is 0.576. The number of carbonyl (C=O) groups is 2. The molecule has 0 bridgehead atoms. The average molecular weight is 677 g/mol. The second kappa shape index (κ2) is 14.3. The molecule has 3 fully saturated rings. The summed E-state index contributed by atoms with van der Waals surface area (Å²) < 4.78 is 34.0. The highest BCUT2D eigenvalue weighted by Crippen LogP contribution is 2.50. The molecule has 48 heavy (non-hydrogen) atoms. The molecule has 6 rings (SSSR count). The molecule has 7 N–H and O–H groups in total.